The van der Waals surface area contributed by atoms with E-state index in [9.17, 15) is 8.42 Å². The summed E-state index contributed by atoms with van der Waals surface area (Å²) < 4.78 is 31.3. The van der Waals surface area contributed by atoms with Crippen molar-refractivity contribution >= 4 is 15.7 Å². The second-order valence-corrected chi connectivity index (χ2v) is 9.34. The van der Waals surface area contributed by atoms with Crippen molar-refractivity contribution in [3.63, 3.8) is 0 Å². The number of aryl methyl sites for hydroxylation is 2. The van der Waals surface area contributed by atoms with Crippen LogP contribution in [0, 0.1) is 0 Å². The summed E-state index contributed by atoms with van der Waals surface area (Å²) in [6, 6.07) is 22.7. The highest BCUT2D eigenvalue weighted by molar-refractivity contribution is 7.92. The number of fused-ring (bicyclic) bond motifs is 2. The fourth-order valence-corrected chi connectivity index (χ4v) is 4.79. The van der Waals surface area contributed by atoms with E-state index in [1.807, 2.05) is 18.2 Å². The van der Waals surface area contributed by atoms with Crippen molar-refractivity contribution in [2.24, 2.45) is 0 Å². The van der Waals surface area contributed by atoms with Gasteiger partial charge >= 0.3 is 0 Å². The highest BCUT2D eigenvalue weighted by Gasteiger charge is 2.24. The topological polar surface area (TPSA) is 55.4 Å². The summed E-state index contributed by atoms with van der Waals surface area (Å²) in [7, 11) is -1.60. The Hall–Kier alpha value is -2.79. The van der Waals surface area contributed by atoms with Crippen LogP contribution in [0.2, 0.25) is 0 Å². The molecule has 29 heavy (non-hydrogen) atoms. The van der Waals surface area contributed by atoms with Crippen molar-refractivity contribution in [3.8, 4) is 5.75 Å². The third kappa shape index (κ3) is 4.46. The lowest BCUT2D eigenvalue weighted by Gasteiger charge is -2.21. The van der Waals surface area contributed by atoms with Crippen molar-refractivity contribution in [2.75, 3.05) is 18.1 Å². The monoisotopic (exact) mass is 407 g/mol. The predicted molar refractivity (Wildman–Crippen MR) is 117 cm³/mol. The molecule has 4 rings (SSSR count). The van der Waals surface area contributed by atoms with Crippen molar-refractivity contribution in [1.82, 2.24) is 0 Å². The summed E-state index contributed by atoms with van der Waals surface area (Å²) in [6.45, 7) is 0. The molecule has 1 aliphatic carbocycles. The van der Waals surface area contributed by atoms with Gasteiger partial charge in [-0.15, -0.1) is 0 Å². The highest BCUT2D eigenvalue weighted by atomic mass is 32.2. The van der Waals surface area contributed by atoms with Crippen molar-refractivity contribution in [1.29, 1.82) is 0 Å². The lowest BCUT2D eigenvalue weighted by Crippen LogP contribution is -2.11. The normalized spacial score (nSPS) is 15.7. The number of anilines is 1. The fraction of sp³-hybridized carbons (Fsp3) is 0.250. The summed E-state index contributed by atoms with van der Waals surface area (Å²) in [5.41, 5.74) is 7.05. The molecule has 0 heterocycles. The van der Waals surface area contributed by atoms with Gasteiger partial charge in [-0.1, -0.05) is 42.5 Å². The number of hydrogen-bond acceptors (Lipinski definition) is 3. The molecule has 0 spiro atoms. The van der Waals surface area contributed by atoms with Gasteiger partial charge < -0.3 is 4.74 Å². The molecule has 1 N–H and O–H groups in total. The van der Waals surface area contributed by atoms with E-state index in [2.05, 4.69) is 47.2 Å². The second-order valence-electron chi connectivity index (χ2n) is 7.59. The first-order valence-electron chi connectivity index (χ1n) is 9.74. The smallest absolute Gasteiger partial charge is 0.229 e. The van der Waals surface area contributed by atoms with Crippen molar-refractivity contribution in [2.45, 2.75) is 25.2 Å². The summed E-state index contributed by atoms with van der Waals surface area (Å²) in [5, 5.41) is 0. The van der Waals surface area contributed by atoms with Gasteiger partial charge in [0.1, 0.15) is 5.75 Å². The molecule has 0 radical (unpaired) electrons. The zero-order valence-electron chi connectivity index (χ0n) is 16.7. The molecule has 0 aliphatic heterocycles. The van der Waals surface area contributed by atoms with Crippen LogP contribution in [0.1, 0.15) is 33.7 Å². The van der Waals surface area contributed by atoms with Gasteiger partial charge in [0.2, 0.25) is 10.0 Å². The van der Waals surface area contributed by atoms with Crippen LogP contribution in [0.3, 0.4) is 0 Å². The minimum Gasteiger partial charge on any atom is -0.497 e. The molecule has 0 aromatic heterocycles. The molecule has 1 atom stereocenters. The molecule has 0 saturated carbocycles. The summed E-state index contributed by atoms with van der Waals surface area (Å²) in [4.78, 5) is 0. The standard InChI is InChI=1S/C24H25NO3S/c1-28-21-12-13-23-19(16-21)11-10-18-7-3-4-9-22(18)24(23)15-17-6-5-8-20(14-17)25-29(2,26)27/h3-9,12-14,16,24-25H,10-11,15H2,1-2H3. The van der Waals surface area contributed by atoms with E-state index in [0.29, 0.717) is 5.69 Å². The Bertz CT molecular complexity index is 1140. The Kier molecular flexibility index (Phi) is 5.33. The number of sulfonamides is 1. The number of ether oxygens (including phenoxy) is 1. The van der Waals surface area contributed by atoms with Gasteiger partial charge in [0.25, 0.3) is 0 Å². The third-order valence-corrected chi connectivity index (χ3v) is 6.10. The number of benzene rings is 3. The van der Waals surface area contributed by atoms with E-state index in [1.165, 1.54) is 28.5 Å². The lowest BCUT2D eigenvalue weighted by atomic mass is 9.83. The molecule has 3 aromatic rings. The maximum absolute atomic E-state index is 11.6. The van der Waals surface area contributed by atoms with Crippen LogP contribution in [0.15, 0.2) is 66.7 Å². The summed E-state index contributed by atoms with van der Waals surface area (Å²) >= 11 is 0. The average molecular weight is 408 g/mol. The first-order chi connectivity index (χ1) is 13.9. The highest BCUT2D eigenvalue weighted by Crippen LogP contribution is 2.38. The van der Waals surface area contributed by atoms with Gasteiger partial charge in [-0.25, -0.2) is 8.42 Å². The van der Waals surface area contributed by atoms with Gasteiger partial charge in [0, 0.05) is 11.6 Å². The van der Waals surface area contributed by atoms with Gasteiger partial charge in [-0.05, 0) is 71.3 Å². The molecule has 5 heteroatoms. The first-order valence-corrected chi connectivity index (χ1v) is 11.6. The number of methoxy groups -OCH3 is 1. The Morgan fingerprint density at radius 2 is 1.69 bits per heavy atom. The van der Waals surface area contributed by atoms with Gasteiger partial charge in [-0.3, -0.25) is 4.72 Å². The molecular formula is C24H25NO3S. The first kappa shape index (κ1) is 19.5. The molecule has 1 unspecified atom stereocenters. The summed E-state index contributed by atoms with van der Waals surface area (Å²) in [5.74, 6) is 1.09. The van der Waals surface area contributed by atoms with E-state index in [-0.39, 0.29) is 5.92 Å². The average Bonchev–Trinajstić information content (AvgIpc) is 2.84. The van der Waals surface area contributed by atoms with Crippen LogP contribution in [-0.4, -0.2) is 21.8 Å². The molecule has 4 nitrogen and oxygen atoms in total. The maximum atomic E-state index is 11.6. The minimum atomic E-state index is -3.30. The van der Waals surface area contributed by atoms with E-state index >= 15 is 0 Å². The lowest BCUT2D eigenvalue weighted by molar-refractivity contribution is 0.414. The van der Waals surface area contributed by atoms with E-state index in [0.717, 1.165) is 30.6 Å². The fourth-order valence-electron chi connectivity index (χ4n) is 4.24. The zero-order valence-corrected chi connectivity index (χ0v) is 17.5. The minimum absolute atomic E-state index is 0.211. The van der Waals surface area contributed by atoms with Crippen LogP contribution in [-0.2, 0) is 29.3 Å². The van der Waals surface area contributed by atoms with Gasteiger partial charge in [-0.2, -0.15) is 0 Å². The Morgan fingerprint density at radius 1 is 0.931 bits per heavy atom. The molecule has 0 saturated heterocycles. The van der Waals surface area contributed by atoms with Crippen molar-refractivity contribution < 1.29 is 13.2 Å². The Balaban J connectivity index is 1.76. The quantitative estimate of drug-likeness (QED) is 0.676. The van der Waals surface area contributed by atoms with Crippen LogP contribution < -0.4 is 9.46 Å². The van der Waals surface area contributed by atoms with Gasteiger partial charge in [0.15, 0.2) is 0 Å². The van der Waals surface area contributed by atoms with E-state index in [1.54, 1.807) is 13.2 Å². The molecule has 150 valence electrons. The van der Waals surface area contributed by atoms with Gasteiger partial charge in [0.05, 0.1) is 13.4 Å². The SMILES string of the molecule is COc1ccc2c(c1)CCc1ccccc1C2Cc1cccc(NS(C)(=O)=O)c1. The van der Waals surface area contributed by atoms with E-state index < -0.39 is 10.0 Å². The van der Waals surface area contributed by atoms with Crippen molar-refractivity contribution in [3.05, 3.63) is 94.5 Å². The Morgan fingerprint density at radius 3 is 2.48 bits per heavy atom. The number of hydrogen-bond donors (Lipinski definition) is 1. The molecule has 0 bridgehead atoms. The number of rotatable bonds is 5. The largest absolute Gasteiger partial charge is 0.497 e. The molecular weight excluding hydrogens is 382 g/mol. The Labute approximate surface area is 172 Å². The zero-order chi connectivity index (χ0) is 20.4. The van der Waals surface area contributed by atoms with Crippen LogP contribution in [0.5, 0.6) is 5.75 Å². The third-order valence-electron chi connectivity index (χ3n) is 5.49. The van der Waals surface area contributed by atoms with Crippen LogP contribution in [0.4, 0.5) is 5.69 Å². The molecule has 3 aromatic carbocycles. The van der Waals surface area contributed by atoms with Crippen LogP contribution >= 0.6 is 0 Å². The number of nitrogens with one attached hydrogen (secondary N) is 1. The predicted octanol–water partition coefficient (Wildman–Crippen LogP) is 4.54. The maximum Gasteiger partial charge on any atom is 0.229 e. The molecule has 1 aliphatic rings. The van der Waals surface area contributed by atoms with E-state index in [4.69, 9.17) is 4.74 Å². The molecule has 0 amide bonds. The summed E-state index contributed by atoms with van der Waals surface area (Å²) in [6.07, 6.45) is 3.96. The van der Waals surface area contributed by atoms with Crippen LogP contribution in [0.25, 0.3) is 0 Å². The second kappa shape index (κ2) is 7.91. The molecule has 0 fully saturated rings.